The third kappa shape index (κ3) is 63.2. The average molecular weight is 1070 g/mol. The zero-order valence-corrected chi connectivity index (χ0v) is 52.4. The van der Waals surface area contributed by atoms with Crippen LogP contribution in [0.5, 0.6) is 0 Å². The van der Waals surface area contributed by atoms with Crippen molar-refractivity contribution in [2.24, 2.45) is 11.8 Å². The topological polar surface area (TPSA) is 78.9 Å². The fourth-order valence-electron chi connectivity index (χ4n) is 11.0. The number of rotatable bonds is 64. The molecule has 0 unspecified atom stereocenters. The molecule has 0 bridgehead atoms. The summed E-state index contributed by atoms with van der Waals surface area (Å²) in [4.78, 5) is 38.4. The monoisotopic (exact) mass is 1070 g/mol. The standard InChI is InChI=1S/C70H136O6/c1-6-7-8-9-10-11-12-13-14-15-19-25-30-35-40-45-50-55-60-68(71)74-63-67(64-75-69(72)61-56-51-46-41-36-31-26-22-21-24-29-34-39-44-49-54-59-66(4)5)76-70(73)62-57-52-47-42-37-32-27-20-17-16-18-23-28-33-38-43-48-53-58-65(2)3/h65-67H,6-64H2,1-5H3/t67-/m0/s1. The first-order chi connectivity index (χ1) is 37.2. The van der Waals surface area contributed by atoms with Crippen molar-refractivity contribution in [2.75, 3.05) is 13.2 Å². The Balaban J connectivity index is 4.28. The van der Waals surface area contributed by atoms with Gasteiger partial charge in [0.2, 0.25) is 0 Å². The summed E-state index contributed by atoms with van der Waals surface area (Å²) in [5.41, 5.74) is 0. The van der Waals surface area contributed by atoms with E-state index >= 15 is 0 Å². The van der Waals surface area contributed by atoms with Crippen molar-refractivity contribution in [3.05, 3.63) is 0 Å². The molecule has 0 saturated heterocycles. The minimum absolute atomic E-state index is 0.0612. The van der Waals surface area contributed by atoms with Gasteiger partial charge in [-0.05, 0) is 31.1 Å². The summed E-state index contributed by atoms with van der Waals surface area (Å²) < 4.78 is 17.0. The molecule has 0 fully saturated rings. The van der Waals surface area contributed by atoms with Crippen LogP contribution in [0.15, 0.2) is 0 Å². The maximum Gasteiger partial charge on any atom is 0.306 e. The Morgan fingerprint density at radius 1 is 0.250 bits per heavy atom. The van der Waals surface area contributed by atoms with E-state index in [9.17, 15) is 14.4 Å². The third-order valence-electron chi connectivity index (χ3n) is 16.2. The lowest BCUT2D eigenvalue weighted by atomic mass is 10.0. The lowest BCUT2D eigenvalue weighted by Gasteiger charge is -2.18. The van der Waals surface area contributed by atoms with Crippen LogP contribution in [0, 0.1) is 11.8 Å². The van der Waals surface area contributed by atoms with Crippen molar-refractivity contribution < 1.29 is 28.6 Å². The molecule has 0 radical (unpaired) electrons. The highest BCUT2D eigenvalue weighted by Crippen LogP contribution is 2.20. The number of hydrogen-bond donors (Lipinski definition) is 0. The van der Waals surface area contributed by atoms with Gasteiger partial charge in [0.05, 0.1) is 0 Å². The minimum atomic E-state index is -0.764. The van der Waals surface area contributed by atoms with E-state index < -0.39 is 6.10 Å². The van der Waals surface area contributed by atoms with Crippen LogP contribution in [-0.2, 0) is 28.6 Å². The van der Waals surface area contributed by atoms with E-state index in [4.69, 9.17) is 14.2 Å². The molecule has 0 spiro atoms. The largest absolute Gasteiger partial charge is 0.462 e. The number of hydrogen-bond acceptors (Lipinski definition) is 6. The summed E-state index contributed by atoms with van der Waals surface area (Å²) >= 11 is 0. The summed E-state index contributed by atoms with van der Waals surface area (Å²) in [5, 5.41) is 0. The van der Waals surface area contributed by atoms with E-state index in [1.54, 1.807) is 0 Å². The second kappa shape index (κ2) is 62.6. The van der Waals surface area contributed by atoms with Crippen molar-refractivity contribution in [2.45, 2.75) is 407 Å². The van der Waals surface area contributed by atoms with E-state index in [2.05, 4.69) is 34.6 Å². The molecule has 0 rings (SSSR count). The van der Waals surface area contributed by atoms with Gasteiger partial charge in [0.15, 0.2) is 6.10 Å². The molecular formula is C70H136O6. The molecule has 0 aliphatic carbocycles. The summed E-state index contributed by atoms with van der Waals surface area (Å²) in [7, 11) is 0. The van der Waals surface area contributed by atoms with Crippen LogP contribution in [0.3, 0.4) is 0 Å². The molecule has 0 saturated carbocycles. The van der Waals surface area contributed by atoms with Gasteiger partial charge in [0.1, 0.15) is 13.2 Å². The van der Waals surface area contributed by atoms with E-state index in [-0.39, 0.29) is 31.1 Å². The molecule has 0 amide bonds. The van der Waals surface area contributed by atoms with Gasteiger partial charge in [-0.1, -0.05) is 362 Å². The van der Waals surface area contributed by atoms with E-state index in [1.807, 2.05) is 0 Å². The second-order valence-corrected chi connectivity index (χ2v) is 25.1. The van der Waals surface area contributed by atoms with Crippen LogP contribution in [0.1, 0.15) is 401 Å². The highest BCUT2D eigenvalue weighted by Gasteiger charge is 2.20. The number of ether oxygens (including phenoxy) is 3. The Morgan fingerprint density at radius 2 is 0.434 bits per heavy atom. The van der Waals surface area contributed by atoms with Crippen LogP contribution >= 0.6 is 0 Å². The fraction of sp³-hybridized carbons (Fsp3) is 0.957. The maximum absolute atomic E-state index is 13.0. The Bertz CT molecular complexity index is 1170. The molecule has 0 aromatic rings. The molecule has 452 valence electrons. The Kier molecular flexibility index (Phi) is 61.3. The second-order valence-electron chi connectivity index (χ2n) is 25.1. The fourth-order valence-corrected chi connectivity index (χ4v) is 11.0. The first-order valence-electron chi connectivity index (χ1n) is 34.7. The first kappa shape index (κ1) is 74.4. The normalized spacial score (nSPS) is 12.0. The molecule has 1 atom stereocenters. The predicted molar refractivity (Wildman–Crippen MR) is 330 cm³/mol. The average Bonchev–Trinajstić information content (AvgIpc) is 3.40. The smallest absolute Gasteiger partial charge is 0.306 e. The molecule has 6 nitrogen and oxygen atoms in total. The first-order valence-corrected chi connectivity index (χ1v) is 34.7. The molecule has 0 heterocycles. The highest BCUT2D eigenvalue weighted by molar-refractivity contribution is 5.71. The van der Waals surface area contributed by atoms with Crippen LogP contribution in [-0.4, -0.2) is 37.2 Å². The molecule has 0 N–H and O–H groups in total. The van der Waals surface area contributed by atoms with Crippen molar-refractivity contribution >= 4 is 17.9 Å². The maximum atomic E-state index is 13.0. The van der Waals surface area contributed by atoms with Crippen molar-refractivity contribution in [1.82, 2.24) is 0 Å². The summed E-state index contributed by atoms with van der Waals surface area (Å²) in [6.45, 7) is 11.5. The minimum Gasteiger partial charge on any atom is -0.462 e. The van der Waals surface area contributed by atoms with Crippen molar-refractivity contribution in [1.29, 1.82) is 0 Å². The Hall–Kier alpha value is -1.59. The van der Waals surface area contributed by atoms with Crippen molar-refractivity contribution in [3.8, 4) is 0 Å². The molecule has 0 aliphatic heterocycles. The number of carbonyl (C=O) groups is 3. The van der Waals surface area contributed by atoms with Gasteiger partial charge < -0.3 is 14.2 Å². The van der Waals surface area contributed by atoms with Gasteiger partial charge in [-0.25, -0.2) is 0 Å². The highest BCUT2D eigenvalue weighted by atomic mass is 16.6. The van der Waals surface area contributed by atoms with Crippen LogP contribution in [0.4, 0.5) is 0 Å². The molecule has 0 aromatic heterocycles. The van der Waals surface area contributed by atoms with Gasteiger partial charge in [-0.15, -0.1) is 0 Å². The molecule has 0 aromatic carbocycles. The van der Waals surface area contributed by atoms with Gasteiger partial charge in [-0.2, -0.15) is 0 Å². The van der Waals surface area contributed by atoms with Gasteiger partial charge in [-0.3, -0.25) is 14.4 Å². The van der Waals surface area contributed by atoms with Gasteiger partial charge in [0.25, 0.3) is 0 Å². The quantitative estimate of drug-likeness (QED) is 0.0343. The lowest BCUT2D eigenvalue weighted by Crippen LogP contribution is -2.30. The van der Waals surface area contributed by atoms with Crippen LogP contribution in [0.25, 0.3) is 0 Å². The lowest BCUT2D eigenvalue weighted by molar-refractivity contribution is -0.167. The summed E-state index contributed by atoms with van der Waals surface area (Å²) in [5.74, 6) is 0.887. The summed E-state index contributed by atoms with van der Waals surface area (Å²) in [6.07, 6.45) is 71.2. The molecule has 0 aliphatic rings. The van der Waals surface area contributed by atoms with E-state index in [0.29, 0.717) is 19.3 Å². The SMILES string of the molecule is CCCCCCCCCCCCCCCCCCCCC(=O)OC[C@@H](COC(=O)CCCCCCCCCCCCCCCCCCC(C)C)OC(=O)CCCCCCCCCCCCCCCCCCCCC(C)C. The summed E-state index contributed by atoms with van der Waals surface area (Å²) in [6, 6.07) is 0. The zero-order valence-electron chi connectivity index (χ0n) is 52.4. The van der Waals surface area contributed by atoms with Crippen LogP contribution in [0.2, 0.25) is 0 Å². The van der Waals surface area contributed by atoms with Crippen LogP contribution < -0.4 is 0 Å². The number of carbonyl (C=O) groups excluding carboxylic acids is 3. The number of unbranched alkanes of at least 4 members (excludes halogenated alkanes) is 49. The molecule has 76 heavy (non-hydrogen) atoms. The third-order valence-corrected chi connectivity index (χ3v) is 16.2. The molecular weight excluding hydrogens is 937 g/mol. The van der Waals surface area contributed by atoms with Gasteiger partial charge >= 0.3 is 17.9 Å². The predicted octanol–water partition coefficient (Wildman–Crippen LogP) is 23.6. The van der Waals surface area contributed by atoms with E-state index in [0.717, 1.165) is 69.6 Å². The molecule has 6 heteroatoms. The van der Waals surface area contributed by atoms with Crippen molar-refractivity contribution in [3.63, 3.8) is 0 Å². The van der Waals surface area contributed by atoms with Gasteiger partial charge in [0, 0.05) is 19.3 Å². The Morgan fingerprint density at radius 3 is 0.645 bits per heavy atom. The Labute approximate surface area is 476 Å². The zero-order chi connectivity index (χ0) is 55.3. The number of esters is 3. The van der Waals surface area contributed by atoms with E-state index in [1.165, 1.54) is 289 Å².